The highest BCUT2D eigenvalue weighted by molar-refractivity contribution is 6.30. The van der Waals surface area contributed by atoms with Crippen LogP contribution in [0.1, 0.15) is 56.3 Å². The standard InChI is InChI=1S/C18H29ClN2O.ClH/c1-3-5-12-21(13-6-4-2)14-8-11-20-18(22)16-9-7-10-17(19)15-16;/h7,9-10,15H,3-6,8,11-14H2,1-2H3,(H,20,22);1H. The minimum atomic E-state index is -0.0360. The summed E-state index contributed by atoms with van der Waals surface area (Å²) in [6.07, 6.45) is 6.10. The molecule has 1 amide bonds. The van der Waals surface area contributed by atoms with E-state index in [1.54, 1.807) is 29.2 Å². The third-order valence-corrected chi connectivity index (χ3v) is 4.08. The molecule has 0 aromatic heterocycles. The van der Waals surface area contributed by atoms with Crippen LogP contribution >= 0.6 is 11.6 Å². The van der Waals surface area contributed by atoms with E-state index in [0.29, 0.717) is 10.6 Å². The van der Waals surface area contributed by atoms with Gasteiger partial charge in [0.15, 0.2) is 0 Å². The third kappa shape index (κ3) is 9.85. The Bertz CT molecular complexity index is 433. The van der Waals surface area contributed by atoms with Gasteiger partial charge in [0.05, 0.1) is 19.6 Å². The number of nitrogens with one attached hydrogen (secondary N) is 2. The van der Waals surface area contributed by atoms with Gasteiger partial charge in [-0.15, -0.1) is 0 Å². The molecule has 0 spiro atoms. The molecular formula is C18H30Cl2N2O. The Morgan fingerprint density at radius 3 is 2.26 bits per heavy atom. The second kappa shape index (κ2) is 13.6. The van der Waals surface area contributed by atoms with E-state index in [9.17, 15) is 4.79 Å². The summed E-state index contributed by atoms with van der Waals surface area (Å²) in [5.41, 5.74) is 0.633. The summed E-state index contributed by atoms with van der Waals surface area (Å²) in [6, 6.07) is 7.08. The van der Waals surface area contributed by atoms with Crippen LogP contribution in [0.15, 0.2) is 24.3 Å². The number of hydrogen-bond donors (Lipinski definition) is 2. The van der Waals surface area contributed by atoms with Crippen LogP contribution in [0, 0.1) is 0 Å². The van der Waals surface area contributed by atoms with Crippen LogP contribution in [0.2, 0.25) is 5.02 Å². The van der Waals surface area contributed by atoms with Crippen molar-refractivity contribution in [3.63, 3.8) is 0 Å². The third-order valence-electron chi connectivity index (χ3n) is 3.85. The number of carbonyl (C=O) groups is 1. The summed E-state index contributed by atoms with van der Waals surface area (Å²) in [5.74, 6) is -0.0360. The molecule has 132 valence electrons. The average molecular weight is 361 g/mol. The number of benzene rings is 1. The van der Waals surface area contributed by atoms with E-state index in [1.165, 1.54) is 38.8 Å². The van der Waals surface area contributed by atoms with Gasteiger partial charge in [-0.05, 0) is 31.0 Å². The van der Waals surface area contributed by atoms with E-state index in [4.69, 9.17) is 11.6 Å². The van der Waals surface area contributed by atoms with Crippen LogP contribution in [-0.4, -0.2) is 32.1 Å². The second-order valence-electron chi connectivity index (χ2n) is 5.83. The SMILES string of the molecule is CCCC[NH+](CCCC)CCCNC(=O)c1cccc(Cl)c1.[Cl-]. The largest absolute Gasteiger partial charge is 1.00 e. The van der Waals surface area contributed by atoms with Gasteiger partial charge in [0.1, 0.15) is 0 Å². The van der Waals surface area contributed by atoms with Gasteiger partial charge in [0, 0.05) is 23.6 Å². The fourth-order valence-corrected chi connectivity index (χ4v) is 2.69. The molecule has 0 saturated carbocycles. The Morgan fingerprint density at radius 2 is 1.70 bits per heavy atom. The van der Waals surface area contributed by atoms with Gasteiger partial charge in [0.25, 0.3) is 5.91 Å². The summed E-state index contributed by atoms with van der Waals surface area (Å²) < 4.78 is 0. The number of unbranched alkanes of at least 4 members (excludes halogenated alkanes) is 2. The van der Waals surface area contributed by atoms with E-state index >= 15 is 0 Å². The number of quaternary nitrogens is 1. The van der Waals surface area contributed by atoms with Crippen molar-refractivity contribution in [1.82, 2.24) is 5.32 Å². The van der Waals surface area contributed by atoms with Crippen LogP contribution in [-0.2, 0) is 0 Å². The van der Waals surface area contributed by atoms with Crippen LogP contribution in [0.5, 0.6) is 0 Å². The van der Waals surface area contributed by atoms with Gasteiger partial charge in [-0.3, -0.25) is 4.79 Å². The van der Waals surface area contributed by atoms with E-state index in [1.807, 2.05) is 0 Å². The molecule has 0 radical (unpaired) electrons. The number of carbonyl (C=O) groups excluding carboxylic acids is 1. The van der Waals surface area contributed by atoms with Gasteiger partial charge < -0.3 is 22.6 Å². The zero-order valence-electron chi connectivity index (χ0n) is 14.3. The number of hydrogen-bond acceptors (Lipinski definition) is 1. The van der Waals surface area contributed by atoms with Crippen molar-refractivity contribution < 1.29 is 22.1 Å². The van der Waals surface area contributed by atoms with Crippen molar-refractivity contribution in [2.45, 2.75) is 46.0 Å². The normalized spacial score (nSPS) is 10.4. The van der Waals surface area contributed by atoms with Crippen LogP contribution in [0.3, 0.4) is 0 Å². The molecule has 0 aliphatic rings. The maximum atomic E-state index is 12.0. The molecule has 0 fully saturated rings. The highest BCUT2D eigenvalue weighted by Gasteiger charge is 2.08. The Hall–Kier alpha value is -0.770. The molecular weight excluding hydrogens is 331 g/mol. The highest BCUT2D eigenvalue weighted by atomic mass is 35.5. The minimum Gasteiger partial charge on any atom is -1.00 e. The summed E-state index contributed by atoms with van der Waals surface area (Å²) in [6.45, 7) is 8.84. The van der Waals surface area contributed by atoms with Crippen molar-refractivity contribution in [2.24, 2.45) is 0 Å². The molecule has 0 unspecified atom stereocenters. The van der Waals surface area contributed by atoms with Crippen molar-refractivity contribution >= 4 is 17.5 Å². The Morgan fingerprint density at radius 1 is 1.09 bits per heavy atom. The number of rotatable bonds is 11. The fraction of sp³-hybridized carbons (Fsp3) is 0.611. The lowest BCUT2D eigenvalue weighted by Crippen LogP contribution is -3.12. The summed E-state index contributed by atoms with van der Waals surface area (Å²) in [5, 5.41) is 3.58. The first kappa shape index (κ1) is 22.2. The highest BCUT2D eigenvalue weighted by Crippen LogP contribution is 2.10. The zero-order chi connectivity index (χ0) is 16.2. The summed E-state index contributed by atoms with van der Waals surface area (Å²) in [7, 11) is 0. The van der Waals surface area contributed by atoms with Crippen LogP contribution in [0.25, 0.3) is 0 Å². The van der Waals surface area contributed by atoms with Crippen molar-refractivity contribution in [3.05, 3.63) is 34.9 Å². The van der Waals surface area contributed by atoms with Crippen molar-refractivity contribution in [1.29, 1.82) is 0 Å². The monoisotopic (exact) mass is 360 g/mol. The van der Waals surface area contributed by atoms with E-state index in [-0.39, 0.29) is 18.3 Å². The van der Waals surface area contributed by atoms with E-state index in [2.05, 4.69) is 19.2 Å². The van der Waals surface area contributed by atoms with Gasteiger partial charge in [-0.1, -0.05) is 44.4 Å². The first-order valence-corrected chi connectivity index (χ1v) is 8.92. The first-order valence-electron chi connectivity index (χ1n) is 8.54. The molecule has 0 heterocycles. The van der Waals surface area contributed by atoms with Crippen molar-refractivity contribution in [2.75, 3.05) is 26.2 Å². The average Bonchev–Trinajstić information content (AvgIpc) is 2.53. The fourth-order valence-electron chi connectivity index (χ4n) is 2.50. The molecule has 0 atom stereocenters. The maximum absolute atomic E-state index is 12.0. The lowest BCUT2D eigenvalue weighted by atomic mass is 10.2. The van der Waals surface area contributed by atoms with Gasteiger partial charge in [0.2, 0.25) is 0 Å². The topological polar surface area (TPSA) is 33.5 Å². The van der Waals surface area contributed by atoms with Crippen molar-refractivity contribution in [3.8, 4) is 0 Å². The van der Waals surface area contributed by atoms with E-state index < -0.39 is 0 Å². The van der Waals surface area contributed by atoms with E-state index in [0.717, 1.165) is 19.5 Å². The predicted octanol–water partition coefficient (Wildman–Crippen LogP) is -0.0510. The quantitative estimate of drug-likeness (QED) is 0.533. The van der Waals surface area contributed by atoms with Gasteiger partial charge >= 0.3 is 0 Å². The minimum absolute atomic E-state index is 0. The predicted molar refractivity (Wildman–Crippen MR) is 93.8 cm³/mol. The molecule has 0 aliphatic heterocycles. The summed E-state index contributed by atoms with van der Waals surface area (Å²) >= 11 is 5.91. The smallest absolute Gasteiger partial charge is 0.251 e. The lowest BCUT2D eigenvalue weighted by molar-refractivity contribution is -0.900. The first-order chi connectivity index (χ1) is 10.7. The molecule has 1 aromatic carbocycles. The molecule has 3 nitrogen and oxygen atoms in total. The number of amides is 1. The molecule has 2 N–H and O–H groups in total. The molecule has 1 rings (SSSR count). The molecule has 5 heteroatoms. The number of halogens is 2. The van der Waals surface area contributed by atoms with Crippen LogP contribution in [0.4, 0.5) is 0 Å². The molecule has 0 saturated heterocycles. The Labute approximate surface area is 152 Å². The molecule has 1 aromatic rings. The second-order valence-corrected chi connectivity index (χ2v) is 6.26. The molecule has 23 heavy (non-hydrogen) atoms. The van der Waals surface area contributed by atoms with Gasteiger partial charge in [-0.25, -0.2) is 0 Å². The van der Waals surface area contributed by atoms with Gasteiger partial charge in [-0.2, -0.15) is 0 Å². The zero-order valence-corrected chi connectivity index (χ0v) is 15.8. The Balaban J connectivity index is 0.00000484. The maximum Gasteiger partial charge on any atom is 0.251 e. The molecule has 0 bridgehead atoms. The Kier molecular flexibility index (Phi) is 13.2. The molecule has 0 aliphatic carbocycles. The summed E-state index contributed by atoms with van der Waals surface area (Å²) in [4.78, 5) is 13.7. The van der Waals surface area contributed by atoms with Crippen LogP contribution < -0.4 is 22.6 Å². The lowest BCUT2D eigenvalue weighted by Gasteiger charge is -2.19.